The third-order valence-corrected chi connectivity index (χ3v) is 5.63. The molecule has 5 heteroatoms. The Hall–Kier alpha value is -0.445. The minimum absolute atomic E-state index is 0.00421. The largest absolute Gasteiger partial charge is 0.295 e. The molecule has 1 atom stereocenters. The van der Waals surface area contributed by atoms with Crippen LogP contribution >= 0.6 is 11.8 Å². The summed E-state index contributed by atoms with van der Waals surface area (Å²) in [6, 6.07) is 0. The minimum Gasteiger partial charge on any atom is -0.295 e. The SMILES string of the molecule is BC1CCCC(SC2CCC(=O)NC2=O)CCC1. The number of hydrogen-bond acceptors (Lipinski definition) is 3. The number of hydrogen-bond donors (Lipinski definition) is 1. The number of amides is 2. The molecular formula is C13H22BNO2S. The zero-order valence-electron chi connectivity index (χ0n) is 11.1. The molecule has 1 unspecified atom stereocenters. The second-order valence-electron chi connectivity index (χ2n) is 5.66. The van der Waals surface area contributed by atoms with Crippen LogP contribution in [0.3, 0.4) is 0 Å². The Labute approximate surface area is 114 Å². The Morgan fingerprint density at radius 3 is 2.33 bits per heavy atom. The standard InChI is InChI=1S/C13H22BNO2S/c14-9-3-1-5-10(6-2-4-9)18-11-7-8-12(16)15-13(11)17/h9-11H,1-8,14H2,(H,15,16,17). The maximum atomic E-state index is 11.7. The molecule has 100 valence electrons. The van der Waals surface area contributed by atoms with Crippen molar-refractivity contribution in [2.24, 2.45) is 0 Å². The number of carbonyl (C=O) groups excluding carboxylic acids is 2. The first-order valence-corrected chi connectivity index (χ1v) is 8.08. The van der Waals surface area contributed by atoms with E-state index in [-0.39, 0.29) is 17.1 Å². The van der Waals surface area contributed by atoms with Crippen LogP contribution in [0.25, 0.3) is 0 Å². The molecule has 0 aromatic rings. The van der Waals surface area contributed by atoms with E-state index in [4.69, 9.17) is 0 Å². The fourth-order valence-corrected chi connectivity index (χ4v) is 4.36. The third-order valence-electron chi connectivity index (χ3n) is 3.99. The van der Waals surface area contributed by atoms with Crippen LogP contribution in [0.2, 0.25) is 5.82 Å². The van der Waals surface area contributed by atoms with Crippen LogP contribution in [0.4, 0.5) is 0 Å². The molecule has 2 amide bonds. The predicted molar refractivity (Wildman–Crippen MR) is 77.5 cm³/mol. The van der Waals surface area contributed by atoms with Crippen LogP contribution < -0.4 is 5.32 Å². The average molecular weight is 267 g/mol. The molecule has 1 heterocycles. The first-order chi connectivity index (χ1) is 8.65. The summed E-state index contributed by atoms with van der Waals surface area (Å²) in [6.07, 6.45) is 8.91. The molecule has 0 aromatic heterocycles. The summed E-state index contributed by atoms with van der Waals surface area (Å²) in [7, 11) is 2.34. The third kappa shape index (κ3) is 4.04. The lowest BCUT2D eigenvalue weighted by Gasteiger charge is -2.27. The quantitative estimate of drug-likeness (QED) is 0.611. The Morgan fingerprint density at radius 2 is 1.72 bits per heavy atom. The number of carbonyl (C=O) groups is 2. The van der Waals surface area contributed by atoms with Gasteiger partial charge in [0.2, 0.25) is 11.8 Å². The monoisotopic (exact) mass is 267 g/mol. The molecule has 2 fully saturated rings. The minimum atomic E-state index is -0.108. The summed E-state index contributed by atoms with van der Waals surface area (Å²) in [5.74, 6) is 0.696. The Kier molecular flexibility index (Phi) is 5.16. The summed E-state index contributed by atoms with van der Waals surface area (Å²) in [4.78, 5) is 22.8. The summed E-state index contributed by atoms with van der Waals surface area (Å²) < 4.78 is 0. The van der Waals surface area contributed by atoms with Crippen LogP contribution in [0.15, 0.2) is 0 Å². The van der Waals surface area contributed by atoms with Gasteiger partial charge in [0.25, 0.3) is 0 Å². The van der Waals surface area contributed by atoms with E-state index in [2.05, 4.69) is 13.2 Å². The normalized spacial score (nSPS) is 34.6. The van der Waals surface area contributed by atoms with Gasteiger partial charge >= 0.3 is 0 Å². The molecule has 0 bridgehead atoms. The number of piperidine rings is 1. The van der Waals surface area contributed by atoms with Gasteiger partial charge in [-0.05, 0) is 19.3 Å². The highest BCUT2D eigenvalue weighted by atomic mass is 32.2. The van der Waals surface area contributed by atoms with Crippen molar-refractivity contribution in [3.63, 3.8) is 0 Å². The highest BCUT2D eigenvalue weighted by molar-refractivity contribution is 8.01. The lowest BCUT2D eigenvalue weighted by Crippen LogP contribution is -2.43. The lowest BCUT2D eigenvalue weighted by atomic mass is 9.77. The highest BCUT2D eigenvalue weighted by Gasteiger charge is 2.29. The van der Waals surface area contributed by atoms with E-state index in [9.17, 15) is 9.59 Å². The average Bonchev–Trinajstić information content (AvgIpc) is 2.29. The van der Waals surface area contributed by atoms with E-state index >= 15 is 0 Å². The Balaban J connectivity index is 1.81. The second-order valence-corrected chi connectivity index (χ2v) is 7.17. The summed E-state index contributed by atoms with van der Waals surface area (Å²) >= 11 is 1.81. The Morgan fingerprint density at radius 1 is 1.06 bits per heavy atom. The van der Waals surface area contributed by atoms with Crippen LogP contribution in [0.5, 0.6) is 0 Å². The van der Waals surface area contributed by atoms with Crippen LogP contribution in [0, 0.1) is 0 Å². The first kappa shape index (κ1) is 14.0. The number of rotatable bonds is 2. The predicted octanol–water partition coefficient (Wildman–Crippen LogP) is 1.67. The summed E-state index contributed by atoms with van der Waals surface area (Å²) in [6.45, 7) is 0. The van der Waals surface area contributed by atoms with Gasteiger partial charge in [-0.15, -0.1) is 11.8 Å². The topological polar surface area (TPSA) is 46.2 Å². The van der Waals surface area contributed by atoms with E-state index in [1.165, 1.54) is 38.5 Å². The first-order valence-electron chi connectivity index (χ1n) is 7.14. The van der Waals surface area contributed by atoms with Crippen molar-refractivity contribution in [3.05, 3.63) is 0 Å². The number of thioether (sulfide) groups is 1. The zero-order valence-corrected chi connectivity index (χ0v) is 11.9. The van der Waals surface area contributed by atoms with Gasteiger partial charge in [0.05, 0.1) is 5.25 Å². The molecule has 0 radical (unpaired) electrons. The van der Waals surface area contributed by atoms with Gasteiger partial charge in [-0.1, -0.05) is 31.5 Å². The maximum absolute atomic E-state index is 11.7. The van der Waals surface area contributed by atoms with Crippen molar-refractivity contribution in [3.8, 4) is 0 Å². The van der Waals surface area contributed by atoms with E-state index < -0.39 is 0 Å². The number of nitrogens with one attached hydrogen (secondary N) is 1. The summed E-state index contributed by atoms with van der Waals surface area (Å²) in [5, 5.41) is 3.07. The molecule has 0 aromatic carbocycles. The smallest absolute Gasteiger partial charge is 0.239 e. The highest BCUT2D eigenvalue weighted by Crippen LogP contribution is 2.34. The molecule has 1 N–H and O–H groups in total. The van der Waals surface area contributed by atoms with Gasteiger partial charge in [-0.25, -0.2) is 0 Å². The molecule has 3 nitrogen and oxygen atoms in total. The molecular weight excluding hydrogens is 245 g/mol. The Bertz CT molecular complexity index is 314. The molecule has 1 aliphatic carbocycles. The second kappa shape index (κ2) is 6.64. The molecule has 1 aliphatic heterocycles. The van der Waals surface area contributed by atoms with Crippen molar-refractivity contribution < 1.29 is 9.59 Å². The zero-order chi connectivity index (χ0) is 13.0. The van der Waals surface area contributed by atoms with E-state index in [0.717, 1.165) is 12.2 Å². The number of imide groups is 1. The fraction of sp³-hybridized carbons (Fsp3) is 0.846. The summed E-state index contributed by atoms with van der Waals surface area (Å²) in [5.41, 5.74) is 0. The van der Waals surface area contributed by atoms with Gasteiger partial charge in [0, 0.05) is 11.7 Å². The molecule has 1 saturated heterocycles. The van der Waals surface area contributed by atoms with Gasteiger partial charge in [-0.3, -0.25) is 14.9 Å². The van der Waals surface area contributed by atoms with E-state index in [1.807, 2.05) is 11.8 Å². The molecule has 18 heavy (non-hydrogen) atoms. The van der Waals surface area contributed by atoms with Gasteiger partial charge < -0.3 is 0 Å². The van der Waals surface area contributed by atoms with E-state index in [0.29, 0.717) is 11.7 Å². The fourth-order valence-electron chi connectivity index (χ4n) is 2.85. The van der Waals surface area contributed by atoms with E-state index in [1.54, 1.807) is 0 Å². The maximum Gasteiger partial charge on any atom is 0.239 e. The van der Waals surface area contributed by atoms with Crippen molar-refractivity contribution in [2.75, 3.05) is 0 Å². The molecule has 2 rings (SSSR count). The van der Waals surface area contributed by atoms with Crippen molar-refractivity contribution in [2.45, 2.75) is 67.7 Å². The lowest BCUT2D eigenvalue weighted by molar-refractivity contribution is -0.132. The van der Waals surface area contributed by atoms with Crippen molar-refractivity contribution >= 4 is 31.4 Å². The van der Waals surface area contributed by atoms with Gasteiger partial charge in [0.15, 0.2) is 0 Å². The molecule has 0 spiro atoms. The van der Waals surface area contributed by atoms with Crippen LogP contribution in [-0.4, -0.2) is 30.2 Å². The van der Waals surface area contributed by atoms with Gasteiger partial charge in [-0.2, -0.15) is 0 Å². The van der Waals surface area contributed by atoms with Crippen LogP contribution in [0.1, 0.15) is 51.4 Å². The molecule has 1 saturated carbocycles. The van der Waals surface area contributed by atoms with Crippen LogP contribution in [-0.2, 0) is 9.59 Å². The van der Waals surface area contributed by atoms with Gasteiger partial charge in [0.1, 0.15) is 7.85 Å². The van der Waals surface area contributed by atoms with Crippen molar-refractivity contribution in [1.29, 1.82) is 0 Å². The molecule has 2 aliphatic rings. The van der Waals surface area contributed by atoms with Crippen molar-refractivity contribution in [1.82, 2.24) is 5.32 Å².